The highest BCUT2D eigenvalue weighted by molar-refractivity contribution is 6.10. The molecule has 0 atom stereocenters. The zero-order chi connectivity index (χ0) is 34.0. The smallest absolute Gasteiger partial charge is 0.159 e. The van der Waals surface area contributed by atoms with Gasteiger partial charge in [-0.15, -0.1) is 0 Å². The summed E-state index contributed by atoms with van der Waals surface area (Å²) >= 11 is 0. The van der Waals surface area contributed by atoms with E-state index in [1.54, 1.807) is 0 Å². The molecule has 0 fully saturated rings. The van der Waals surface area contributed by atoms with Gasteiger partial charge in [0.05, 0.1) is 5.69 Å². The number of fused-ring (bicyclic) bond motifs is 3. The van der Waals surface area contributed by atoms with E-state index in [4.69, 9.17) is 4.42 Å². The van der Waals surface area contributed by atoms with Crippen LogP contribution in [0.25, 0.3) is 44.2 Å². The molecule has 0 saturated carbocycles. The maximum absolute atomic E-state index is 6.59. The van der Waals surface area contributed by atoms with Crippen LogP contribution in [0.1, 0.15) is 0 Å². The Hall–Kier alpha value is -6.84. The molecule has 3 heteroatoms. The second-order valence-electron chi connectivity index (χ2n) is 12.6. The zero-order valence-corrected chi connectivity index (χ0v) is 27.9. The molecule has 51 heavy (non-hydrogen) atoms. The lowest BCUT2D eigenvalue weighted by Gasteiger charge is -2.27. The minimum absolute atomic E-state index is 0.861. The molecule has 0 aliphatic rings. The van der Waals surface area contributed by atoms with Gasteiger partial charge in [-0.2, -0.15) is 0 Å². The number of furan rings is 1. The van der Waals surface area contributed by atoms with Crippen molar-refractivity contribution in [2.24, 2.45) is 0 Å². The number of nitrogens with zero attached hydrogens (tertiary/aromatic N) is 2. The number of rotatable bonds is 8. The Labute approximate surface area is 297 Å². The Balaban J connectivity index is 1.18. The molecule has 0 saturated heterocycles. The van der Waals surface area contributed by atoms with Crippen LogP contribution in [-0.2, 0) is 0 Å². The lowest BCUT2D eigenvalue weighted by Crippen LogP contribution is -2.10. The Morgan fingerprint density at radius 3 is 1.39 bits per heavy atom. The molecule has 0 amide bonds. The van der Waals surface area contributed by atoms with Gasteiger partial charge in [0.2, 0.25) is 0 Å². The molecule has 0 unspecified atom stereocenters. The van der Waals surface area contributed by atoms with E-state index in [1.807, 2.05) is 12.1 Å². The van der Waals surface area contributed by atoms with E-state index in [-0.39, 0.29) is 0 Å². The molecule has 0 aliphatic heterocycles. The summed E-state index contributed by atoms with van der Waals surface area (Å²) in [7, 11) is 0. The fourth-order valence-electron chi connectivity index (χ4n) is 7.02. The first-order chi connectivity index (χ1) is 25.3. The molecule has 0 N–H and O–H groups in total. The van der Waals surface area contributed by atoms with E-state index >= 15 is 0 Å². The number of benzene rings is 8. The topological polar surface area (TPSA) is 19.6 Å². The van der Waals surface area contributed by atoms with E-state index in [9.17, 15) is 0 Å². The second kappa shape index (κ2) is 13.2. The van der Waals surface area contributed by atoms with Gasteiger partial charge in [0.1, 0.15) is 5.58 Å². The van der Waals surface area contributed by atoms with Crippen molar-refractivity contribution in [3.05, 3.63) is 206 Å². The molecule has 0 radical (unpaired) electrons. The third-order valence-corrected chi connectivity index (χ3v) is 9.43. The van der Waals surface area contributed by atoms with Gasteiger partial charge in [0, 0.05) is 39.2 Å². The monoisotopic (exact) mass is 654 g/mol. The van der Waals surface area contributed by atoms with E-state index < -0.39 is 0 Å². The Morgan fingerprint density at radius 2 is 0.745 bits per heavy atom. The van der Waals surface area contributed by atoms with Crippen LogP contribution in [-0.4, -0.2) is 0 Å². The molecular weight excluding hydrogens is 621 g/mol. The van der Waals surface area contributed by atoms with Gasteiger partial charge >= 0.3 is 0 Å². The van der Waals surface area contributed by atoms with Crippen molar-refractivity contribution in [3.63, 3.8) is 0 Å². The summed E-state index contributed by atoms with van der Waals surface area (Å²) in [5.41, 5.74) is 12.8. The summed E-state index contributed by atoms with van der Waals surface area (Å²) in [6, 6.07) is 72.7. The number of anilines is 6. The van der Waals surface area contributed by atoms with Gasteiger partial charge in [-0.25, -0.2) is 0 Å². The van der Waals surface area contributed by atoms with Crippen LogP contribution in [0.4, 0.5) is 34.1 Å². The van der Waals surface area contributed by atoms with Crippen LogP contribution in [0, 0.1) is 0 Å². The minimum Gasteiger partial charge on any atom is -0.454 e. The van der Waals surface area contributed by atoms with Crippen LogP contribution >= 0.6 is 0 Å². The number of para-hydroxylation sites is 4. The minimum atomic E-state index is 0.861. The maximum atomic E-state index is 6.59. The summed E-state index contributed by atoms with van der Waals surface area (Å²) in [4.78, 5) is 4.61. The molecule has 242 valence electrons. The Bertz CT molecular complexity index is 2540. The second-order valence-corrected chi connectivity index (χ2v) is 12.6. The average Bonchev–Trinajstić information content (AvgIpc) is 3.60. The maximum Gasteiger partial charge on any atom is 0.159 e. The largest absolute Gasteiger partial charge is 0.454 e. The molecule has 9 rings (SSSR count). The lowest BCUT2D eigenvalue weighted by molar-refractivity contribution is 0.669. The molecule has 3 nitrogen and oxygen atoms in total. The molecule has 1 aromatic heterocycles. The first-order valence-electron chi connectivity index (χ1n) is 17.3. The van der Waals surface area contributed by atoms with Gasteiger partial charge in [-0.3, -0.25) is 0 Å². The van der Waals surface area contributed by atoms with Gasteiger partial charge in [0.15, 0.2) is 5.58 Å². The average molecular weight is 655 g/mol. The summed E-state index contributed by atoms with van der Waals surface area (Å²) in [6.07, 6.45) is 0. The van der Waals surface area contributed by atoms with E-state index in [1.165, 1.54) is 11.1 Å². The number of hydrogen-bond acceptors (Lipinski definition) is 3. The van der Waals surface area contributed by atoms with Crippen LogP contribution in [0.3, 0.4) is 0 Å². The fraction of sp³-hybridized carbons (Fsp3) is 0. The van der Waals surface area contributed by atoms with Crippen molar-refractivity contribution < 1.29 is 4.42 Å². The molecule has 9 aromatic rings. The van der Waals surface area contributed by atoms with Crippen LogP contribution in [0.2, 0.25) is 0 Å². The molecule has 1 heterocycles. The highest BCUT2D eigenvalue weighted by Crippen LogP contribution is 2.44. The van der Waals surface area contributed by atoms with Gasteiger partial charge in [0.25, 0.3) is 0 Å². The van der Waals surface area contributed by atoms with Crippen LogP contribution in [0.15, 0.2) is 211 Å². The zero-order valence-electron chi connectivity index (χ0n) is 27.9. The first kappa shape index (κ1) is 30.2. The Morgan fingerprint density at radius 1 is 0.294 bits per heavy atom. The summed E-state index contributed by atoms with van der Waals surface area (Å²) < 4.78 is 6.59. The first-order valence-corrected chi connectivity index (χ1v) is 17.3. The lowest BCUT2D eigenvalue weighted by atomic mass is 10.0. The summed E-state index contributed by atoms with van der Waals surface area (Å²) in [6.45, 7) is 0. The molecule has 0 spiro atoms. The standard InChI is InChI=1S/C48H34N2O/c1-4-15-35(16-5-1)36-29-31-41(32-30-36)50(46-27-14-26-45-44-25-10-11-28-47(44)51-48(45)46)43-24-13-18-38(34-43)37-17-12-23-42(33-37)49(39-19-6-2-7-20-39)40-21-8-3-9-22-40/h1-34H. The predicted octanol–water partition coefficient (Wildman–Crippen LogP) is 13.9. The highest BCUT2D eigenvalue weighted by atomic mass is 16.3. The quantitative estimate of drug-likeness (QED) is 0.163. The fourth-order valence-corrected chi connectivity index (χ4v) is 7.02. The van der Waals surface area contributed by atoms with Crippen molar-refractivity contribution in [1.29, 1.82) is 0 Å². The van der Waals surface area contributed by atoms with Crippen LogP contribution in [0.5, 0.6) is 0 Å². The van der Waals surface area contributed by atoms with Gasteiger partial charge in [-0.05, 0) is 95.1 Å². The van der Waals surface area contributed by atoms with Crippen molar-refractivity contribution in [3.8, 4) is 22.3 Å². The predicted molar refractivity (Wildman–Crippen MR) is 214 cm³/mol. The normalized spacial score (nSPS) is 11.1. The van der Waals surface area contributed by atoms with Gasteiger partial charge in [-0.1, -0.05) is 133 Å². The van der Waals surface area contributed by atoms with E-state index in [0.717, 1.165) is 67.2 Å². The molecule has 0 aliphatic carbocycles. The highest BCUT2D eigenvalue weighted by Gasteiger charge is 2.20. The summed E-state index contributed by atoms with van der Waals surface area (Å²) in [5, 5.41) is 2.21. The van der Waals surface area contributed by atoms with E-state index in [2.05, 4.69) is 204 Å². The summed E-state index contributed by atoms with van der Waals surface area (Å²) in [5.74, 6) is 0. The van der Waals surface area contributed by atoms with Crippen molar-refractivity contribution >= 4 is 56.1 Å². The molecule has 8 aromatic carbocycles. The van der Waals surface area contributed by atoms with E-state index in [0.29, 0.717) is 0 Å². The molecule has 0 bridgehead atoms. The SMILES string of the molecule is c1ccc(-c2ccc(N(c3cccc(-c4cccc(N(c5ccccc5)c5ccccc5)c4)c3)c3cccc4c3oc3ccccc34)cc2)cc1. The van der Waals surface area contributed by atoms with Crippen LogP contribution < -0.4 is 9.80 Å². The Kier molecular flexibility index (Phi) is 7.84. The third-order valence-electron chi connectivity index (χ3n) is 9.43. The van der Waals surface area contributed by atoms with Crippen molar-refractivity contribution in [2.45, 2.75) is 0 Å². The van der Waals surface area contributed by atoms with Crippen molar-refractivity contribution in [1.82, 2.24) is 0 Å². The van der Waals surface area contributed by atoms with Gasteiger partial charge < -0.3 is 14.2 Å². The number of hydrogen-bond donors (Lipinski definition) is 0. The van der Waals surface area contributed by atoms with Crippen molar-refractivity contribution in [2.75, 3.05) is 9.80 Å². The molecular formula is C48H34N2O. The third kappa shape index (κ3) is 5.81.